The molecule has 0 saturated heterocycles. The third-order valence-electron chi connectivity index (χ3n) is 0.798. The summed E-state index contributed by atoms with van der Waals surface area (Å²) in [6.07, 6.45) is -5.43. The van der Waals surface area contributed by atoms with Crippen LogP contribution < -0.4 is 0 Å². The summed E-state index contributed by atoms with van der Waals surface area (Å²) in [7, 11) is 0. The van der Waals surface area contributed by atoms with E-state index in [-0.39, 0.29) is 0 Å². The molecule has 0 saturated carbocycles. The summed E-state index contributed by atoms with van der Waals surface area (Å²) in [6.45, 7) is 0. The summed E-state index contributed by atoms with van der Waals surface area (Å²) in [5.41, 5.74) is -0.988. The Kier molecular flexibility index (Phi) is 1.15. The Bertz CT molecular complexity index is 379. The Balaban J connectivity index is 3.53. The van der Waals surface area contributed by atoms with Crippen molar-refractivity contribution in [3.8, 4) is 0 Å². The first-order valence-electron chi connectivity index (χ1n) is 4.26. The molecule has 54 valence electrons. The number of nitrogens with zero attached hydrogens (tertiary/aromatic N) is 1. The summed E-state index contributed by atoms with van der Waals surface area (Å²) >= 11 is 2.65. The summed E-state index contributed by atoms with van der Waals surface area (Å²) in [4.78, 5) is 3.12. The number of aromatic nitrogens is 1. The van der Waals surface area contributed by atoms with Crippen molar-refractivity contribution in [2.24, 2.45) is 0 Å². The van der Waals surface area contributed by atoms with Crippen molar-refractivity contribution in [3.05, 3.63) is 28.4 Å². The summed E-state index contributed by atoms with van der Waals surface area (Å²) < 4.78 is 52.5. The van der Waals surface area contributed by atoms with Gasteiger partial charge in [0.15, 0.2) is 0 Å². The van der Waals surface area contributed by atoms with Crippen molar-refractivity contribution in [2.45, 2.75) is 6.40 Å². The monoisotopic (exact) mass is 211 g/mol. The van der Waals surface area contributed by atoms with E-state index in [1.807, 2.05) is 0 Å². The minimum Gasteiger partial charge on any atom is -0.264 e. The van der Waals surface area contributed by atoms with Crippen LogP contribution in [0.4, 0.5) is 8.78 Å². The van der Waals surface area contributed by atoms with Gasteiger partial charge in [0.25, 0.3) is 6.40 Å². The molecule has 0 fully saturated rings. The molecule has 0 aliphatic heterocycles. The summed E-state index contributed by atoms with van der Waals surface area (Å²) in [5.74, 6) is 0. The van der Waals surface area contributed by atoms with E-state index in [9.17, 15) is 8.78 Å². The fraction of sp³-hybridized carbons (Fsp3) is 0.167. The molecular formula is C6H4BrF2N. The molecule has 0 atom stereocenters. The fourth-order valence-corrected chi connectivity index (χ4v) is 0.725. The van der Waals surface area contributed by atoms with E-state index in [0.717, 1.165) is 0 Å². The third kappa shape index (κ3) is 1.50. The molecule has 0 bridgehead atoms. The lowest BCUT2D eigenvalue weighted by Crippen LogP contribution is -1.86. The molecule has 0 unspecified atom stereocenters. The second kappa shape index (κ2) is 3.05. The lowest BCUT2D eigenvalue weighted by molar-refractivity contribution is 0.150. The van der Waals surface area contributed by atoms with Gasteiger partial charge in [-0.05, 0) is 6.04 Å². The van der Waals surface area contributed by atoms with E-state index < -0.39 is 34.8 Å². The molecule has 0 aliphatic rings. The standard InChI is InChI=1S/C6H4BrF2N/c7-5-1-2-10-3-4(5)6(8)9/h1-3,6H/i1D,2D,3D,6D. The van der Waals surface area contributed by atoms with E-state index in [1.54, 1.807) is 0 Å². The average Bonchev–Trinajstić information content (AvgIpc) is 1.97. The zero-order valence-corrected chi connectivity index (χ0v) is 6.17. The molecule has 1 aromatic rings. The SMILES string of the molecule is [2H]c1nc([2H])c(C([2H])(F)F)c(Br)c1[2H]. The van der Waals surface area contributed by atoms with E-state index in [0.29, 0.717) is 0 Å². The maximum Gasteiger partial charge on any atom is 0.266 e. The number of rotatable bonds is 1. The maximum atomic E-state index is 12.6. The van der Waals surface area contributed by atoms with Gasteiger partial charge < -0.3 is 0 Å². The van der Waals surface area contributed by atoms with Crippen LogP contribution in [0.3, 0.4) is 0 Å². The van der Waals surface area contributed by atoms with Crippen molar-refractivity contribution < 1.29 is 14.3 Å². The quantitative estimate of drug-likeness (QED) is 0.697. The third-order valence-corrected chi connectivity index (χ3v) is 1.39. The van der Waals surface area contributed by atoms with Gasteiger partial charge in [-0.25, -0.2) is 8.78 Å². The van der Waals surface area contributed by atoms with Gasteiger partial charge in [-0.1, -0.05) is 15.9 Å². The molecule has 0 aromatic carbocycles. The minimum atomic E-state index is -3.99. The summed E-state index contributed by atoms with van der Waals surface area (Å²) in [6, 6.07) is -0.553. The van der Waals surface area contributed by atoms with Crippen molar-refractivity contribution in [1.29, 1.82) is 0 Å². The van der Waals surface area contributed by atoms with E-state index in [4.69, 9.17) is 5.48 Å². The van der Waals surface area contributed by atoms with Crippen LogP contribution in [0.25, 0.3) is 0 Å². The Morgan fingerprint density at radius 2 is 2.50 bits per heavy atom. The van der Waals surface area contributed by atoms with Crippen LogP contribution in [0.5, 0.6) is 0 Å². The number of hydrogen-bond acceptors (Lipinski definition) is 1. The molecule has 1 nitrogen and oxygen atoms in total. The first kappa shape index (κ1) is 3.76. The molecule has 4 heteroatoms. The maximum absolute atomic E-state index is 12.6. The van der Waals surface area contributed by atoms with Gasteiger partial charge in [0.1, 0.15) is 1.37 Å². The first-order valence-corrected chi connectivity index (χ1v) is 3.06. The molecule has 0 radical (unpaired) electrons. The van der Waals surface area contributed by atoms with Crippen LogP contribution in [0.15, 0.2) is 22.9 Å². The van der Waals surface area contributed by atoms with Crippen molar-refractivity contribution in [3.63, 3.8) is 0 Å². The molecule has 1 rings (SSSR count). The topological polar surface area (TPSA) is 12.9 Å². The van der Waals surface area contributed by atoms with Gasteiger partial charge in [-0.2, -0.15) is 0 Å². The van der Waals surface area contributed by atoms with E-state index >= 15 is 0 Å². The van der Waals surface area contributed by atoms with Crippen LogP contribution in [-0.2, 0) is 0 Å². The first-order chi connectivity index (χ1) is 6.25. The fourth-order valence-electron chi connectivity index (χ4n) is 0.398. The second-order valence-corrected chi connectivity index (χ2v) is 2.20. The van der Waals surface area contributed by atoms with Gasteiger partial charge in [0, 0.05) is 16.8 Å². The van der Waals surface area contributed by atoms with Crippen molar-refractivity contribution >= 4 is 15.9 Å². The lowest BCUT2D eigenvalue weighted by atomic mass is 10.3. The molecule has 10 heavy (non-hydrogen) atoms. The molecule has 0 aliphatic carbocycles. The van der Waals surface area contributed by atoms with Gasteiger partial charge >= 0.3 is 0 Å². The molecule has 0 N–H and O–H groups in total. The largest absolute Gasteiger partial charge is 0.266 e. The van der Waals surface area contributed by atoms with Gasteiger partial charge in [-0.3, -0.25) is 4.98 Å². The molecule has 0 spiro atoms. The molecule has 1 aromatic heterocycles. The zero-order valence-electron chi connectivity index (χ0n) is 8.58. The molecular weight excluding hydrogens is 204 g/mol. The predicted molar refractivity (Wildman–Crippen MR) is 36.9 cm³/mol. The Labute approximate surface area is 70.8 Å². The van der Waals surface area contributed by atoms with Crippen LogP contribution in [0.1, 0.15) is 17.4 Å². The number of alkyl halides is 2. The smallest absolute Gasteiger partial charge is 0.264 e. The van der Waals surface area contributed by atoms with Crippen LogP contribution in [0.2, 0.25) is 0 Å². The molecule has 0 amide bonds. The van der Waals surface area contributed by atoms with E-state index in [1.165, 1.54) is 0 Å². The highest BCUT2D eigenvalue weighted by Crippen LogP contribution is 2.25. The van der Waals surface area contributed by atoms with Gasteiger partial charge in [-0.15, -0.1) is 0 Å². The van der Waals surface area contributed by atoms with Crippen LogP contribution in [-0.4, -0.2) is 4.98 Å². The van der Waals surface area contributed by atoms with Crippen molar-refractivity contribution in [2.75, 3.05) is 0 Å². The number of pyridine rings is 1. The Morgan fingerprint density at radius 3 is 3.10 bits per heavy atom. The van der Waals surface area contributed by atoms with Gasteiger partial charge in [0.05, 0.1) is 9.68 Å². The highest BCUT2D eigenvalue weighted by molar-refractivity contribution is 9.10. The highest BCUT2D eigenvalue weighted by Gasteiger charge is 2.09. The zero-order chi connectivity index (χ0) is 11.1. The van der Waals surface area contributed by atoms with Gasteiger partial charge in [0.2, 0.25) is 0 Å². The van der Waals surface area contributed by atoms with Crippen LogP contribution >= 0.6 is 15.9 Å². The minimum absolute atomic E-state index is 0.428. The van der Waals surface area contributed by atoms with Crippen LogP contribution in [0, 0.1) is 0 Å². The van der Waals surface area contributed by atoms with E-state index in [2.05, 4.69) is 20.9 Å². The average molecular weight is 212 g/mol. The van der Waals surface area contributed by atoms with Crippen molar-refractivity contribution in [1.82, 2.24) is 4.98 Å². The second-order valence-electron chi connectivity index (χ2n) is 1.41. The Morgan fingerprint density at radius 1 is 1.80 bits per heavy atom. The number of halogens is 3. The predicted octanol–water partition coefficient (Wildman–Crippen LogP) is 2.78. The summed E-state index contributed by atoms with van der Waals surface area (Å²) in [5, 5.41) is 0. The normalized spacial score (nSPS) is 17.1. The highest BCUT2D eigenvalue weighted by atomic mass is 79.9. The number of hydrogen-bond donors (Lipinski definition) is 0. The lowest BCUT2D eigenvalue weighted by Gasteiger charge is -1.99. The Hall–Kier alpha value is -0.510. The molecule has 1 heterocycles.